The fourth-order valence-electron chi connectivity index (χ4n) is 4.51. The zero-order valence-corrected chi connectivity index (χ0v) is 20.3. The van der Waals surface area contributed by atoms with Crippen molar-refractivity contribution in [1.29, 1.82) is 0 Å². The van der Waals surface area contributed by atoms with Gasteiger partial charge in [-0.05, 0) is 55.0 Å². The van der Waals surface area contributed by atoms with Crippen LogP contribution in [0.15, 0.2) is 59.1 Å². The lowest BCUT2D eigenvalue weighted by Crippen LogP contribution is -2.31. The van der Waals surface area contributed by atoms with E-state index in [0.717, 1.165) is 29.7 Å². The van der Waals surface area contributed by atoms with Gasteiger partial charge in [0, 0.05) is 19.0 Å². The maximum absolute atomic E-state index is 13.1. The molecule has 184 valence electrons. The van der Waals surface area contributed by atoms with Gasteiger partial charge in [0.1, 0.15) is 12.4 Å². The van der Waals surface area contributed by atoms with E-state index in [-0.39, 0.29) is 11.9 Å². The van der Waals surface area contributed by atoms with Crippen LogP contribution in [0.1, 0.15) is 60.4 Å². The van der Waals surface area contributed by atoms with Gasteiger partial charge in [-0.3, -0.25) is 9.59 Å². The smallest absolute Gasteiger partial charge is 0.306 e. The third kappa shape index (κ3) is 6.10. The van der Waals surface area contributed by atoms with Crippen LogP contribution >= 0.6 is 0 Å². The van der Waals surface area contributed by atoms with E-state index in [9.17, 15) is 14.7 Å². The highest BCUT2D eigenvalue weighted by Gasteiger charge is 2.33. The van der Waals surface area contributed by atoms with Gasteiger partial charge < -0.3 is 19.3 Å². The molecule has 1 aliphatic heterocycles. The third-order valence-electron chi connectivity index (χ3n) is 6.71. The quantitative estimate of drug-likeness (QED) is 0.437. The topological polar surface area (TPSA) is 92.9 Å². The maximum Gasteiger partial charge on any atom is 0.306 e. The largest absolute Gasteiger partial charge is 0.489 e. The summed E-state index contributed by atoms with van der Waals surface area (Å²) in [5.41, 5.74) is 3.89. The first-order chi connectivity index (χ1) is 16.9. The van der Waals surface area contributed by atoms with Crippen molar-refractivity contribution < 1.29 is 24.0 Å². The van der Waals surface area contributed by atoms with Gasteiger partial charge in [-0.15, -0.1) is 0 Å². The highest BCUT2D eigenvalue weighted by molar-refractivity contribution is 5.79. The van der Waals surface area contributed by atoms with Crippen LogP contribution in [0.4, 0.5) is 0 Å². The minimum Gasteiger partial charge on any atom is -0.489 e. The molecule has 1 amide bonds. The van der Waals surface area contributed by atoms with Crippen LogP contribution in [0.5, 0.6) is 5.75 Å². The lowest BCUT2D eigenvalue weighted by molar-refractivity contribution is -0.141. The van der Waals surface area contributed by atoms with E-state index >= 15 is 0 Å². The average Bonchev–Trinajstić information content (AvgIpc) is 3.52. The summed E-state index contributed by atoms with van der Waals surface area (Å²) in [7, 11) is 0. The lowest BCUT2D eigenvalue weighted by atomic mass is 10.00. The summed E-state index contributed by atoms with van der Waals surface area (Å²) >= 11 is 0. The number of aromatic nitrogens is 1. The predicted molar refractivity (Wildman–Crippen MR) is 131 cm³/mol. The van der Waals surface area contributed by atoms with Gasteiger partial charge in [-0.2, -0.15) is 0 Å². The van der Waals surface area contributed by atoms with Gasteiger partial charge in [-0.1, -0.05) is 48.5 Å². The van der Waals surface area contributed by atoms with Gasteiger partial charge in [0.2, 0.25) is 5.91 Å². The Labute approximate surface area is 205 Å². The maximum atomic E-state index is 13.1. The highest BCUT2D eigenvalue weighted by Crippen LogP contribution is 2.33. The van der Waals surface area contributed by atoms with Crippen LogP contribution in [-0.2, 0) is 29.0 Å². The van der Waals surface area contributed by atoms with Crippen molar-refractivity contribution in [3.63, 3.8) is 0 Å². The highest BCUT2D eigenvalue weighted by atomic mass is 16.5. The van der Waals surface area contributed by atoms with Crippen molar-refractivity contribution in [2.75, 3.05) is 6.54 Å². The molecule has 2 aromatic carbocycles. The van der Waals surface area contributed by atoms with Crippen LogP contribution in [0, 0.1) is 12.8 Å². The molecule has 1 aromatic heterocycles. The zero-order valence-electron chi connectivity index (χ0n) is 20.3. The van der Waals surface area contributed by atoms with Crippen molar-refractivity contribution in [3.05, 3.63) is 82.7 Å². The zero-order chi connectivity index (χ0) is 24.8. The van der Waals surface area contributed by atoms with Crippen LogP contribution in [0.2, 0.25) is 0 Å². The normalized spacial score (nSPS) is 16.3. The minimum absolute atomic E-state index is 0.0380. The van der Waals surface area contributed by atoms with Crippen molar-refractivity contribution in [2.24, 2.45) is 5.92 Å². The second-order valence-corrected chi connectivity index (χ2v) is 9.15. The number of amides is 1. The molecule has 0 aliphatic carbocycles. The Bertz CT molecular complexity index is 1150. The van der Waals surface area contributed by atoms with E-state index < -0.39 is 11.9 Å². The number of carboxylic acids is 1. The number of aryl methyl sites for hydroxylation is 1. The Morgan fingerprint density at radius 1 is 1.20 bits per heavy atom. The molecule has 0 saturated carbocycles. The summed E-state index contributed by atoms with van der Waals surface area (Å²) in [5, 5.41) is 13.4. The van der Waals surface area contributed by atoms with Crippen LogP contribution in [-0.4, -0.2) is 33.6 Å². The number of aliphatic carboxylic acids is 1. The molecule has 35 heavy (non-hydrogen) atoms. The molecule has 4 rings (SSSR count). The fraction of sp³-hybridized carbons (Fsp3) is 0.393. The van der Waals surface area contributed by atoms with Crippen molar-refractivity contribution >= 4 is 11.9 Å². The van der Waals surface area contributed by atoms with Gasteiger partial charge in [0.25, 0.3) is 0 Å². The minimum atomic E-state index is -0.832. The molecule has 7 heteroatoms. The molecule has 1 aliphatic rings. The van der Waals surface area contributed by atoms with E-state index in [2.05, 4.69) is 24.2 Å². The Morgan fingerprint density at radius 3 is 2.69 bits per heavy atom. The SMILES string of the molecule is CCC(Cc1cc(C2CCCN2C(=O)Cc2ccc(OCc3ccccc3C)cc2)on1)C(=O)O. The summed E-state index contributed by atoms with van der Waals surface area (Å²) in [4.78, 5) is 26.3. The van der Waals surface area contributed by atoms with Gasteiger partial charge in [-0.25, -0.2) is 0 Å². The van der Waals surface area contributed by atoms with Crippen molar-refractivity contribution in [2.45, 2.75) is 58.6 Å². The molecule has 0 radical (unpaired) electrons. The number of carbonyl (C=O) groups is 2. The number of carbonyl (C=O) groups excluding carboxylic acids is 1. The van der Waals surface area contributed by atoms with E-state index in [1.165, 1.54) is 5.56 Å². The van der Waals surface area contributed by atoms with Crippen molar-refractivity contribution in [3.8, 4) is 5.75 Å². The van der Waals surface area contributed by atoms with Crippen molar-refractivity contribution in [1.82, 2.24) is 10.1 Å². The number of rotatable bonds is 10. The first-order valence-corrected chi connectivity index (χ1v) is 12.2. The van der Waals surface area contributed by atoms with Crippen LogP contribution in [0.3, 0.4) is 0 Å². The number of hydrogen-bond donors (Lipinski definition) is 1. The number of nitrogens with zero attached hydrogens (tertiary/aromatic N) is 2. The standard InChI is InChI=1S/C28H32N2O5/c1-3-21(28(32)33)16-23-17-26(35-29-23)25-9-6-14-30(25)27(31)15-20-10-12-24(13-11-20)34-18-22-8-5-4-7-19(22)2/h4-5,7-8,10-13,17,21,25H,3,6,9,14-16,18H2,1-2H3,(H,32,33). The monoisotopic (exact) mass is 476 g/mol. The van der Waals surface area contributed by atoms with Crippen LogP contribution in [0.25, 0.3) is 0 Å². The molecule has 3 aromatic rings. The molecular weight excluding hydrogens is 444 g/mol. The lowest BCUT2D eigenvalue weighted by Gasteiger charge is -2.22. The summed E-state index contributed by atoms with van der Waals surface area (Å²) in [6, 6.07) is 17.4. The number of benzene rings is 2. The molecule has 7 nitrogen and oxygen atoms in total. The molecule has 1 saturated heterocycles. The Morgan fingerprint density at radius 2 is 1.97 bits per heavy atom. The Kier molecular flexibility index (Phi) is 7.85. The van der Waals surface area contributed by atoms with Gasteiger partial charge in [0.15, 0.2) is 5.76 Å². The molecule has 2 unspecified atom stereocenters. The van der Waals surface area contributed by atoms with Crippen LogP contribution < -0.4 is 4.74 Å². The number of likely N-dealkylation sites (tertiary alicyclic amines) is 1. The van der Waals surface area contributed by atoms with E-state index in [4.69, 9.17) is 9.26 Å². The molecule has 2 atom stereocenters. The summed E-state index contributed by atoms with van der Waals surface area (Å²) in [6.07, 6.45) is 2.86. The summed E-state index contributed by atoms with van der Waals surface area (Å²) in [6.45, 7) is 5.09. The first-order valence-electron chi connectivity index (χ1n) is 12.2. The number of carboxylic acid groups (broad SMARTS) is 1. The summed E-state index contributed by atoms with van der Waals surface area (Å²) < 4.78 is 11.4. The van der Waals surface area contributed by atoms with Gasteiger partial charge >= 0.3 is 5.97 Å². The molecule has 2 heterocycles. The second kappa shape index (κ2) is 11.2. The summed E-state index contributed by atoms with van der Waals surface area (Å²) in [5.74, 6) is 0.116. The van der Waals surface area contributed by atoms with Gasteiger partial charge in [0.05, 0.1) is 24.1 Å². The molecule has 1 N–H and O–H groups in total. The van der Waals surface area contributed by atoms with E-state index in [1.807, 2.05) is 54.3 Å². The van der Waals surface area contributed by atoms with E-state index in [1.54, 1.807) is 0 Å². The molecule has 0 bridgehead atoms. The molecule has 1 fully saturated rings. The average molecular weight is 477 g/mol. The third-order valence-corrected chi connectivity index (χ3v) is 6.71. The molecule has 0 spiro atoms. The van der Waals surface area contributed by atoms with E-state index in [0.29, 0.717) is 43.9 Å². The fourth-order valence-corrected chi connectivity index (χ4v) is 4.51. The number of ether oxygens (including phenoxy) is 1. The second-order valence-electron chi connectivity index (χ2n) is 9.15. The first kappa shape index (κ1) is 24.5. The number of hydrogen-bond acceptors (Lipinski definition) is 5. The predicted octanol–water partition coefficient (Wildman–Crippen LogP) is 5.12. The Hall–Kier alpha value is -3.61. The Balaban J connectivity index is 1.34. The molecular formula is C28H32N2O5.